The first-order valence-electron chi connectivity index (χ1n) is 4.65. The third-order valence-electron chi connectivity index (χ3n) is 2.34. The number of carbonyl (C=O) groups is 1. The van der Waals surface area contributed by atoms with E-state index in [0.717, 1.165) is 6.42 Å². The van der Waals surface area contributed by atoms with Crippen LogP contribution in [0.25, 0.3) is 0 Å². The molecule has 3 nitrogen and oxygen atoms in total. The van der Waals surface area contributed by atoms with Crippen LogP contribution in [0.15, 0.2) is 11.8 Å². The van der Waals surface area contributed by atoms with Gasteiger partial charge in [0.05, 0.1) is 18.4 Å². The predicted octanol–water partition coefficient (Wildman–Crippen LogP) is 2.02. The van der Waals surface area contributed by atoms with Gasteiger partial charge in [-0.2, -0.15) is 0 Å². The van der Waals surface area contributed by atoms with Crippen LogP contribution >= 0.6 is 0 Å². The van der Waals surface area contributed by atoms with Gasteiger partial charge in [0.1, 0.15) is 5.60 Å². The van der Waals surface area contributed by atoms with Gasteiger partial charge in [0, 0.05) is 6.42 Å². The van der Waals surface area contributed by atoms with Crippen molar-refractivity contribution in [3.05, 3.63) is 11.8 Å². The molecule has 13 heavy (non-hydrogen) atoms. The molecule has 1 unspecified atom stereocenters. The molecule has 1 rings (SSSR count). The Bertz CT molecular complexity index is 232. The molecule has 1 aliphatic heterocycles. The number of carbonyl (C=O) groups excluding carboxylic acids is 1. The van der Waals surface area contributed by atoms with E-state index in [1.807, 2.05) is 13.8 Å². The zero-order chi connectivity index (χ0) is 9.90. The first kappa shape index (κ1) is 10.1. The Morgan fingerprint density at radius 2 is 2.38 bits per heavy atom. The Hall–Kier alpha value is -0.990. The molecule has 3 heteroatoms. The molecular formula is C10H16O3. The van der Waals surface area contributed by atoms with Crippen molar-refractivity contribution in [1.82, 2.24) is 0 Å². The molecule has 0 spiro atoms. The van der Waals surface area contributed by atoms with Crippen LogP contribution in [0, 0.1) is 0 Å². The van der Waals surface area contributed by atoms with Crippen molar-refractivity contribution < 1.29 is 14.3 Å². The Kier molecular flexibility index (Phi) is 2.96. The molecule has 0 N–H and O–H groups in total. The maximum absolute atomic E-state index is 11.3. The fourth-order valence-electron chi connectivity index (χ4n) is 1.25. The number of rotatable bonds is 3. The van der Waals surface area contributed by atoms with Crippen LogP contribution in [-0.4, -0.2) is 18.2 Å². The smallest absolute Gasteiger partial charge is 0.337 e. The number of hydrogen-bond donors (Lipinski definition) is 0. The monoisotopic (exact) mass is 184 g/mol. The first-order chi connectivity index (χ1) is 6.11. The molecule has 0 aliphatic carbocycles. The predicted molar refractivity (Wildman–Crippen MR) is 49.1 cm³/mol. The molecule has 1 atom stereocenters. The first-order valence-corrected chi connectivity index (χ1v) is 4.65. The van der Waals surface area contributed by atoms with Crippen LogP contribution in [0.5, 0.6) is 0 Å². The van der Waals surface area contributed by atoms with Gasteiger partial charge < -0.3 is 9.47 Å². The third kappa shape index (κ3) is 2.23. The zero-order valence-corrected chi connectivity index (χ0v) is 8.42. The van der Waals surface area contributed by atoms with Crippen LogP contribution < -0.4 is 0 Å². The van der Waals surface area contributed by atoms with Crippen molar-refractivity contribution >= 4 is 5.97 Å². The van der Waals surface area contributed by atoms with E-state index in [0.29, 0.717) is 18.6 Å². The number of ether oxygens (including phenoxy) is 2. The van der Waals surface area contributed by atoms with Crippen molar-refractivity contribution in [2.24, 2.45) is 0 Å². The van der Waals surface area contributed by atoms with Crippen molar-refractivity contribution in [2.75, 3.05) is 6.61 Å². The molecular weight excluding hydrogens is 168 g/mol. The summed E-state index contributed by atoms with van der Waals surface area (Å²) < 4.78 is 10.3. The topological polar surface area (TPSA) is 35.5 Å². The lowest BCUT2D eigenvalue weighted by Gasteiger charge is -2.21. The highest BCUT2D eigenvalue weighted by Crippen LogP contribution is 2.31. The normalized spacial score (nSPS) is 26.5. The highest BCUT2D eigenvalue weighted by atomic mass is 16.5. The lowest BCUT2D eigenvalue weighted by molar-refractivity contribution is -0.138. The fraction of sp³-hybridized carbons (Fsp3) is 0.700. The molecule has 0 fully saturated rings. The van der Waals surface area contributed by atoms with Crippen LogP contribution in [0.1, 0.15) is 33.6 Å². The third-order valence-corrected chi connectivity index (χ3v) is 2.34. The molecule has 0 aromatic carbocycles. The molecule has 0 aromatic heterocycles. The van der Waals surface area contributed by atoms with E-state index >= 15 is 0 Å². The van der Waals surface area contributed by atoms with E-state index in [9.17, 15) is 4.79 Å². The molecule has 1 heterocycles. The molecule has 0 bridgehead atoms. The van der Waals surface area contributed by atoms with Gasteiger partial charge in [0.15, 0.2) is 0 Å². The van der Waals surface area contributed by atoms with E-state index in [2.05, 4.69) is 0 Å². The van der Waals surface area contributed by atoms with Gasteiger partial charge in [-0.1, -0.05) is 6.92 Å². The zero-order valence-electron chi connectivity index (χ0n) is 8.42. The van der Waals surface area contributed by atoms with Gasteiger partial charge in [-0.05, 0) is 20.3 Å². The van der Waals surface area contributed by atoms with Gasteiger partial charge in [0.2, 0.25) is 0 Å². The minimum Gasteiger partial charge on any atom is -0.494 e. The summed E-state index contributed by atoms with van der Waals surface area (Å²) in [7, 11) is 0. The number of esters is 1. The van der Waals surface area contributed by atoms with Crippen molar-refractivity contribution in [3.8, 4) is 0 Å². The Balaban J connectivity index is 2.53. The summed E-state index contributed by atoms with van der Waals surface area (Å²) in [5.74, 6) is -0.250. The molecule has 1 aliphatic rings. The minimum absolute atomic E-state index is 0.206. The van der Waals surface area contributed by atoms with E-state index in [-0.39, 0.29) is 11.6 Å². The van der Waals surface area contributed by atoms with E-state index in [1.165, 1.54) is 6.26 Å². The summed E-state index contributed by atoms with van der Waals surface area (Å²) in [6.07, 6.45) is 3.08. The maximum atomic E-state index is 11.3. The largest absolute Gasteiger partial charge is 0.494 e. The quantitative estimate of drug-likeness (QED) is 0.629. The summed E-state index contributed by atoms with van der Waals surface area (Å²) in [5.41, 5.74) is 0.438. The molecule has 0 aromatic rings. The van der Waals surface area contributed by atoms with Gasteiger partial charge in [-0.3, -0.25) is 0 Å². The van der Waals surface area contributed by atoms with Gasteiger partial charge in [-0.25, -0.2) is 4.79 Å². The summed E-state index contributed by atoms with van der Waals surface area (Å²) in [4.78, 5) is 11.3. The van der Waals surface area contributed by atoms with Crippen LogP contribution in [0.4, 0.5) is 0 Å². The fourth-order valence-corrected chi connectivity index (χ4v) is 1.25. The molecule has 0 saturated carbocycles. The minimum atomic E-state index is -0.250. The maximum Gasteiger partial charge on any atom is 0.337 e. The average Bonchev–Trinajstić information content (AvgIpc) is 2.50. The lowest BCUT2D eigenvalue weighted by Crippen LogP contribution is -2.22. The van der Waals surface area contributed by atoms with Gasteiger partial charge in [0.25, 0.3) is 0 Å². The van der Waals surface area contributed by atoms with Crippen LogP contribution in [0.3, 0.4) is 0 Å². The second kappa shape index (κ2) is 3.81. The SMILES string of the molecule is CCOC(=O)C1=COC(C)(CC)C1. The van der Waals surface area contributed by atoms with Crippen molar-refractivity contribution in [1.29, 1.82) is 0 Å². The molecule has 74 valence electrons. The summed E-state index contributed by atoms with van der Waals surface area (Å²) >= 11 is 0. The van der Waals surface area contributed by atoms with E-state index in [1.54, 1.807) is 6.92 Å². The Morgan fingerprint density at radius 3 is 2.85 bits per heavy atom. The average molecular weight is 184 g/mol. The molecule has 0 radical (unpaired) electrons. The molecule has 0 amide bonds. The van der Waals surface area contributed by atoms with Gasteiger partial charge >= 0.3 is 5.97 Å². The second-order valence-corrected chi connectivity index (χ2v) is 3.46. The highest BCUT2D eigenvalue weighted by Gasteiger charge is 2.33. The van der Waals surface area contributed by atoms with E-state index < -0.39 is 0 Å². The number of hydrogen-bond acceptors (Lipinski definition) is 3. The highest BCUT2D eigenvalue weighted by molar-refractivity contribution is 5.88. The van der Waals surface area contributed by atoms with Gasteiger partial charge in [-0.15, -0.1) is 0 Å². The summed E-state index contributed by atoms with van der Waals surface area (Å²) in [5, 5.41) is 0. The Labute approximate surface area is 78.7 Å². The Morgan fingerprint density at radius 1 is 1.69 bits per heavy atom. The molecule has 0 saturated heterocycles. The second-order valence-electron chi connectivity index (χ2n) is 3.46. The standard InChI is InChI=1S/C10H16O3/c1-4-10(3)6-8(7-13-10)9(11)12-5-2/h7H,4-6H2,1-3H3. The summed E-state index contributed by atoms with van der Waals surface area (Å²) in [6, 6.07) is 0. The van der Waals surface area contributed by atoms with Crippen LogP contribution in [0.2, 0.25) is 0 Å². The van der Waals surface area contributed by atoms with E-state index in [4.69, 9.17) is 9.47 Å². The van der Waals surface area contributed by atoms with Crippen molar-refractivity contribution in [3.63, 3.8) is 0 Å². The summed E-state index contributed by atoms with van der Waals surface area (Å²) in [6.45, 7) is 6.25. The van der Waals surface area contributed by atoms with Crippen molar-refractivity contribution in [2.45, 2.75) is 39.2 Å². The lowest BCUT2D eigenvalue weighted by atomic mass is 9.96. The van der Waals surface area contributed by atoms with Crippen LogP contribution in [-0.2, 0) is 14.3 Å².